The summed E-state index contributed by atoms with van der Waals surface area (Å²) < 4.78 is 11.2. The average Bonchev–Trinajstić information content (AvgIpc) is 3.26. The summed E-state index contributed by atoms with van der Waals surface area (Å²) in [6.45, 7) is 1.18. The molecule has 1 aliphatic heterocycles. The molecule has 31 heavy (non-hydrogen) atoms. The van der Waals surface area contributed by atoms with Gasteiger partial charge in [0, 0.05) is 0 Å². The zero-order chi connectivity index (χ0) is 22.2. The van der Waals surface area contributed by atoms with Crippen molar-refractivity contribution in [3.05, 3.63) is 48.0 Å². The number of hydrogen-bond acceptors (Lipinski definition) is 7. The molecule has 4 amide bonds. The molecule has 2 heterocycles. The van der Waals surface area contributed by atoms with Crippen LogP contribution in [0.25, 0.3) is 10.2 Å². The van der Waals surface area contributed by atoms with E-state index in [2.05, 4.69) is 15.6 Å². The van der Waals surface area contributed by atoms with Crippen LogP contribution in [-0.4, -0.2) is 48.5 Å². The molecule has 1 aromatic heterocycles. The third kappa shape index (κ3) is 3.77. The number of thiazole rings is 1. The Labute approximate surface area is 182 Å². The van der Waals surface area contributed by atoms with Crippen molar-refractivity contribution >= 4 is 44.5 Å². The molecular weight excluding hydrogens is 420 g/mol. The number of carbonyl (C=O) groups is 3. The first-order chi connectivity index (χ1) is 14.8. The van der Waals surface area contributed by atoms with Crippen LogP contribution in [0.5, 0.6) is 11.5 Å². The highest BCUT2D eigenvalue weighted by Gasteiger charge is 2.49. The molecule has 2 N–H and O–H groups in total. The molecule has 4 rings (SSSR count). The fourth-order valence-corrected chi connectivity index (χ4v) is 4.26. The average molecular weight is 440 g/mol. The van der Waals surface area contributed by atoms with Gasteiger partial charge in [-0.25, -0.2) is 9.78 Å². The number of imide groups is 1. The van der Waals surface area contributed by atoms with Crippen LogP contribution < -0.4 is 20.1 Å². The van der Waals surface area contributed by atoms with Gasteiger partial charge in [-0.3, -0.25) is 14.5 Å². The third-order valence-corrected chi connectivity index (χ3v) is 6.02. The van der Waals surface area contributed by atoms with E-state index in [9.17, 15) is 14.4 Å². The molecule has 2 aromatic carbocycles. The summed E-state index contributed by atoms with van der Waals surface area (Å²) in [6.07, 6.45) is 0. The Balaban J connectivity index is 1.47. The molecule has 0 bridgehead atoms. The van der Waals surface area contributed by atoms with Gasteiger partial charge >= 0.3 is 6.03 Å². The fourth-order valence-electron chi connectivity index (χ4n) is 3.35. The number of hydrogen-bond donors (Lipinski definition) is 2. The predicted octanol–water partition coefficient (Wildman–Crippen LogP) is 2.72. The van der Waals surface area contributed by atoms with Crippen LogP contribution in [0.3, 0.4) is 0 Å². The van der Waals surface area contributed by atoms with Crippen molar-refractivity contribution in [2.75, 3.05) is 26.1 Å². The summed E-state index contributed by atoms with van der Waals surface area (Å²) in [5.74, 6) is 0.292. The van der Waals surface area contributed by atoms with Gasteiger partial charge in [-0.05, 0) is 42.8 Å². The summed E-state index contributed by atoms with van der Waals surface area (Å²) in [7, 11) is 3.12. The Hall–Kier alpha value is -3.66. The van der Waals surface area contributed by atoms with E-state index in [0.717, 1.165) is 9.60 Å². The molecular formula is C21H20N4O5S. The molecule has 1 saturated heterocycles. The lowest BCUT2D eigenvalue weighted by molar-refractivity contribution is -0.133. The van der Waals surface area contributed by atoms with E-state index in [4.69, 9.17) is 9.47 Å². The summed E-state index contributed by atoms with van der Waals surface area (Å²) >= 11 is 1.28. The number of benzene rings is 2. The van der Waals surface area contributed by atoms with Gasteiger partial charge in [-0.15, -0.1) is 0 Å². The maximum Gasteiger partial charge on any atom is 0.325 e. The van der Waals surface area contributed by atoms with E-state index in [-0.39, 0.29) is 0 Å². The molecule has 1 fully saturated rings. The van der Waals surface area contributed by atoms with Gasteiger partial charge in [-0.2, -0.15) is 0 Å². The van der Waals surface area contributed by atoms with Crippen molar-refractivity contribution in [2.45, 2.75) is 12.5 Å². The minimum atomic E-state index is -1.27. The first kappa shape index (κ1) is 20.6. The summed E-state index contributed by atoms with van der Waals surface area (Å²) in [4.78, 5) is 43.2. The monoisotopic (exact) mass is 440 g/mol. The van der Waals surface area contributed by atoms with Crippen molar-refractivity contribution in [1.82, 2.24) is 15.2 Å². The number of amides is 4. The van der Waals surface area contributed by atoms with E-state index in [1.807, 2.05) is 6.07 Å². The number of nitrogens with one attached hydrogen (secondary N) is 2. The number of urea groups is 1. The van der Waals surface area contributed by atoms with Crippen molar-refractivity contribution in [3.8, 4) is 11.5 Å². The molecule has 0 radical (unpaired) electrons. The molecule has 0 spiro atoms. The number of carbonyl (C=O) groups excluding carboxylic acids is 3. The van der Waals surface area contributed by atoms with Crippen LogP contribution in [0.4, 0.5) is 9.93 Å². The van der Waals surface area contributed by atoms with Crippen molar-refractivity contribution in [3.63, 3.8) is 0 Å². The van der Waals surface area contributed by atoms with Crippen LogP contribution in [0.2, 0.25) is 0 Å². The third-order valence-electron chi connectivity index (χ3n) is 5.09. The molecule has 160 valence electrons. The Morgan fingerprint density at radius 1 is 1.13 bits per heavy atom. The van der Waals surface area contributed by atoms with E-state index < -0.39 is 29.9 Å². The zero-order valence-corrected chi connectivity index (χ0v) is 17.9. The van der Waals surface area contributed by atoms with Gasteiger partial charge in [0.2, 0.25) is 5.91 Å². The molecule has 10 heteroatoms. The van der Waals surface area contributed by atoms with E-state index in [1.165, 1.54) is 11.3 Å². The number of fused-ring (bicyclic) bond motifs is 1. The van der Waals surface area contributed by atoms with Gasteiger partial charge in [0.05, 0.1) is 24.4 Å². The fraction of sp³-hybridized carbons (Fsp3) is 0.238. The number of methoxy groups -OCH3 is 2. The second-order valence-electron chi connectivity index (χ2n) is 7.08. The second-order valence-corrected chi connectivity index (χ2v) is 8.11. The lowest BCUT2D eigenvalue weighted by atomic mass is 9.92. The van der Waals surface area contributed by atoms with Crippen molar-refractivity contribution in [1.29, 1.82) is 0 Å². The number of ether oxygens (including phenoxy) is 2. The van der Waals surface area contributed by atoms with Crippen LogP contribution >= 0.6 is 11.3 Å². The van der Waals surface area contributed by atoms with Gasteiger partial charge in [0.25, 0.3) is 5.91 Å². The lowest BCUT2D eigenvalue weighted by Crippen LogP contribution is -2.42. The number of aromatic nitrogens is 1. The Morgan fingerprint density at radius 3 is 2.48 bits per heavy atom. The number of anilines is 1. The predicted molar refractivity (Wildman–Crippen MR) is 115 cm³/mol. The van der Waals surface area contributed by atoms with E-state index >= 15 is 0 Å². The highest BCUT2D eigenvalue weighted by Crippen LogP contribution is 2.31. The van der Waals surface area contributed by atoms with Gasteiger partial charge < -0.3 is 20.1 Å². The van der Waals surface area contributed by atoms with E-state index in [0.29, 0.717) is 27.7 Å². The van der Waals surface area contributed by atoms with Crippen LogP contribution in [0, 0.1) is 0 Å². The van der Waals surface area contributed by atoms with E-state index in [1.54, 1.807) is 57.5 Å². The molecule has 0 saturated carbocycles. The minimum Gasteiger partial charge on any atom is -0.497 e. The molecule has 0 unspecified atom stereocenters. The van der Waals surface area contributed by atoms with Crippen LogP contribution in [0.1, 0.15) is 12.5 Å². The Bertz CT molecular complexity index is 1180. The van der Waals surface area contributed by atoms with Crippen LogP contribution in [0.15, 0.2) is 42.5 Å². The second kappa shape index (κ2) is 7.88. The van der Waals surface area contributed by atoms with Gasteiger partial charge in [-0.1, -0.05) is 23.5 Å². The molecule has 9 nitrogen and oxygen atoms in total. The molecule has 1 atom stereocenters. The number of rotatable bonds is 6. The minimum absolute atomic E-state index is 0.373. The normalized spacial score (nSPS) is 18.2. The SMILES string of the molecule is COc1ccc([C@]2(C)NC(=O)N(CC(=O)Nc3nc4ccc(OC)cc4s3)C2=O)cc1. The standard InChI is InChI=1S/C21H20N4O5S/c1-21(12-4-6-13(29-2)7-5-12)18(27)25(20(28)24-21)11-17(26)23-19-22-15-9-8-14(30-3)10-16(15)31-19/h4-10H,11H2,1-3H3,(H,24,28)(H,22,23,26)/t21-/m0/s1. The zero-order valence-electron chi connectivity index (χ0n) is 17.1. The first-order valence-corrected chi connectivity index (χ1v) is 10.2. The molecule has 1 aliphatic rings. The maximum atomic E-state index is 13.0. The van der Waals surface area contributed by atoms with Crippen molar-refractivity contribution < 1.29 is 23.9 Å². The van der Waals surface area contributed by atoms with Gasteiger partial charge in [0.15, 0.2) is 5.13 Å². The highest BCUT2D eigenvalue weighted by atomic mass is 32.1. The topological polar surface area (TPSA) is 110 Å². The highest BCUT2D eigenvalue weighted by molar-refractivity contribution is 7.22. The lowest BCUT2D eigenvalue weighted by Gasteiger charge is -2.22. The Kier molecular flexibility index (Phi) is 5.24. The van der Waals surface area contributed by atoms with Crippen LogP contribution in [-0.2, 0) is 15.1 Å². The summed E-state index contributed by atoms with van der Waals surface area (Å²) in [5, 5.41) is 5.71. The summed E-state index contributed by atoms with van der Waals surface area (Å²) in [5.41, 5.74) is 0.0358. The summed E-state index contributed by atoms with van der Waals surface area (Å²) in [6, 6.07) is 11.6. The smallest absolute Gasteiger partial charge is 0.325 e. The maximum absolute atomic E-state index is 13.0. The number of nitrogens with zero attached hydrogens (tertiary/aromatic N) is 2. The largest absolute Gasteiger partial charge is 0.497 e. The van der Waals surface area contributed by atoms with Crippen molar-refractivity contribution in [2.24, 2.45) is 0 Å². The van der Waals surface area contributed by atoms with Gasteiger partial charge in [0.1, 0.15) is 23.6 Å². The molecule has 3 aromatic rings. The molecule has 0 aliphatic carbocycles. The quantitative estimate of drug-likeness (QED) is 0.571. The Morgan fingerprint density at radius 2 is 1.81 bits per heavy atom. The first-order valence-electron chi connectivity index (χ1n) is 9.37.